The van der Waals surface area contributed by atoms with E-state index >= 15 is 0 Å². The molecule has 1 saturated carbocycles. The predicted octanol–water partition coefficient (Wildman–Crippen LogP) is 3.23. The molecule has 1 aliphatic rings. The molecule has 1 aliphatic carbocycles. The number of benzene rings is 1. The highest BCUT2D eigenvalue weighted by molar-refractivity contribution is 6.09. The lowest BCUT2D eigenvalue weighted by molar-refractivity contribution is -0.158. The van der Waals surface area contributed by atoms with E-state index in [0.717, 1.165) is 36.6 Å². The molecule has 0 radical (unpaired) electrons. The fourth-order valence-electron chi connectivity index (χ4n) is 5.19. The molecular formula is C27H31N7O5. The van der Waals surface area contributed by atoms with Crippen molar-refractivity contribution in [3.05, 3.63) is 48.5 Å². The van der Waals surface area contributed by atoms with Crippen LogP contribution < -0.4 is 10.1 Å². The van der Waals surface area contributed by atoms with Gasteiger partial charge in [-0.05, 0) is 44.7 Å². The molecule has 0 bridgehead atoms. The maximum Gasteiger partial charge on any atom is 0.303 e. The number of hydrogen-bond donors (Lipinski definition) is 1. The van der Waals surface area contributed by atoms with Crippen LogP contribution in [0.3, 0.4) is 0 Å². The molecule has 1 fully saturated rings. The molecule has 2 amide bonds. The standard InChI is InChI=1S/C27H31N7O5/c1-16(39-17(2)35)27(37)32(3)19-6-8-20(9-7-19)34-15-18-12-21(24(38-4)13-22(18)31-34)26(36)30-23-14-29-33-11-5-10-28-25(23)33/h5,10-16,19-20H,6-9H2,1-4H3,(H,30,36)/t16-,19-,20-/m1/s1. The average molecular weight is 534 g/mol. The molecule has 1 N–H and O–H groups in total. The monoisotopic (exact) mass is 533 g/mol. The van der Waals surface area contributed by atoms with Gasteiger partial charge in [-0.15, -0.1) is 0 Å². The van der Waals surface area contributed by atoms with Crippen molar-refractivity contribution >= 4 is 40.0 Å². The van der Waals surface area contributed by atoms with Crippen molar-refractivity contribution in [1.82, 2.24) is 29.3 Å². The molecule has 0 unspecified atom stereocenters. The van der Waals surface area contributed by atoms with Gasteiger partial charge in [0, 0.05) is 50.1 Å². The number of carbonyl (C=O) groups excluding carboxylic acids is 3. The lowest BCUT2D eigenvalue weighted by Gasteiger charge is -2.35. The summed E-state index contributed by atoms with van der Waals surface area (Å²) in [6, 6.07) is 5.54. The number of fused-ring (bicyclic) bond motifs is 2. The van der Waals surface area contributed by atoms with Crippen LogP contribution >= 0.6 is 0 Å². The van der Waals surface area contributed by atoms with Gasteiger partial charge in [0.15, 0.2) is 11.8 Å². The summed E-state index contributed by atoms with van der Waals surface area (Å²) in [5.74, 6) is -0.585. The Hall–Kier alpha value is -4.48. The number of amides is 2. The Morgan fingerprint density at radius 2 is 1.95 bits per heavy atom. The second-order valence-corrected chi connectivity index (χ2v) is 9.78. The molecule has 0 aliphatic heterocycles. The Bertz CT molecular complexity index is 1540. The van der Waals surface area contributed by atoms with Gasteiger partial charge in [0.1, 0.15) is 11.4 Å². The lowest BCUT2D eigenvalue weighted by Crippen LogP contribution is -2.45. The van der Waals surface area contributed by atoms with Gasteiger partial charge in [-0.25, -0.2) is 9.50 Å². The number of nitrogens with zero attached hydrogens (tertiary/aromatic N) is 6. The van der Waals surface area contributed by atoms with Crippen LogP contribution in [0.5, 0.6) is 5.75 Å². The van der Waals surface area contributed by atoms with Crippen molar-refractivity contribution in [1.29, 1.82) is 0 Å². The van der Waals surface area contributed by atoms with Crippen LogP contribution in [0.25, 0.3) is 16.6 Å². The summed E-state index contributed by atoms with van der Waals surface area (Å²) in [5.41, 5.74) is 2.15. The minimum atomic E-state index is -0.799. The molecule has 4 aromatic rings. The molecule has 12 heteroatoms. The number of aromatic nitrogens is 5. The van der Waals surface area contributed by atoms with Gasteiger partial charge in [0.05, 0.1) is 30.4 Å². The van der Waals surface area contributed by atoms with E-state index in [1.807, 2.05) is 10.9 Å². The first-order valence-electron chi connectivity index (χ1n) is 12.9. The number of rotatable bonds is 7. The Balaban J connectivity index is 1.29. The maximum absolute atomic E-state index is 13.2. The largest absolute Gasteiger partial charge is 0.496 e. The van der Waals surface area contributed by atoms with Crippen molar-refractivity contribution in [2.75, 3.05) is 19.5 Å². The number of anilines is 1. The summed E-state index contributed by atoms with van der Waals surface area (Å²) in [5, 5.41) is 12.7. The van der Waals surface area contributed by atoms with Crippen LogP contribution in [0.4, 0.5) is 5.69 Å². The SMILES string of the molecule is COc1cc2nn([C@H]3CC[C@H](N(C)C(=O)[C@@H](C)OC(C)=O)CC3)cc2cc1C(=O)Nc1cnn2cccnc12. The smallest absolute Gasteiger partial charge is 0.303 e. The van der Waals surface area contributed by atoms with E-state index in [9.17, 15) is 14.4 Å². The zero-order valence-corrected chi connectivity index (χ0v) is 22.3. The van der Waals surface area contributed by atoms with E-state index in [2.05, 4.69) is 15.4 Å². The maximum atomic E-state index is 13.2. The molecule has 3 aromatic heterocycles. The minimum Gasteiger partial charge on any atom is -0.496 e. The number of esters is 1. The van der Waals surface area contributed by atoms with Crippen LogP contribution in [-0.2, 0) is 14.3 Å². The summed E-state index contributed by atoms with van der Waals surface area (Å²) in [6.07, 6.45) is 9.39. The highest BCUT2D eigenvalue weighted by Crippen LogP contribution is 2.33. The average Bonchev–Trinajstić information content (AvgIpc) is 3.55. The van der Waals surface area contributed by atoms with E-state index in [4.69, 9.17) is 14.6 Å². The van der Waals surface area contributed by atoms with Gasteiger partial charge in [0.2, 0.25) is 0 Å². The van der Waals surface area contributed by atoms with Crippen LogP contribution in [0, 0.1) is 0 Å². The van der Waals surface area contributed by atoms with Crippen LogP contribution in [0.15, 0.2) is 43.0 Å². The molecule has 3 heterocycles. The van der Waals surface area contributed by atoms with E-state index in [1.165, 1.54) is 14.0 Å². The molecule has 204 valence electrons. The number of methoxy groups -OCH3 is 1. The quantitative estimate of drug-likeness (QED) is 0.358. The molecule has 39 heavy (non-hydrogen) atoms. The molecule has 1 aromatic carbocycles. The third kappa shape index (κ3) is 5.27. The van der Waals surface area contributed by atoms with E-state index in [-0.39, 0.29) is 23.9 Å². The van der Waals surface area contributed by atoms with E-state index in [1.54, 1.807) is 60.2 Å². The first kappa shape index (κ1) is 26.1. The number of carbonyl (C=O) groups is 3. The van der Waals surface area contributed by atoms with E-state index < -0.39 is 12.1 Å². The zero-order chi connectivity index (χ0) is 27.7. The predicted molar refractivity (Wildman–Crippen MR) is 143 cm³/mol. The number of ether oxygens (including phenoxy) is 2. The molecule has 5 rings (SSSR count). The molecule has 0 saturated heterocycles. The number of hydrogen-bond acceptors (Lipinski definition) is 8. The summed E-state index contributed by atoms with van der Waals surface area (Å²) in [4.78, 5) is 43.0. The van der Waals surface area contributed by atoms with Crippen LogP contribution in [0.2, 0.25) is 0 Å². The Kier molecular flexibility index (Phi) is 7.18. The van der Waals surface area contributed by atoms with Crippen molar-refractivity contribution in [3.63, 3.8) is 0 Å². The van der Waals surface area contributed by atoms with Gasteiger partial charge < -0.3 is 19.7 Å². The first-order valence-corrected chi connectivity index (χ1v) is 12.9. The van der Waals surface area contributed by atoms with Crippen LogP contribution in [-0.4, -0.2) is 73.4 Å². The summed E-state index contributed by atoms with van der Waals surface area (Å²) < 4.78 is 14.1. The Labute approximate surface area is 224 Å². The van der Waals surface area contributed by atoms with Gasteiger partial charge in [-0.1, -0.05) is 0 Å². The second-order valence-electron chi connectivity index (χ2n) is 9.78. The third-order valence-corrected chi connectivity index (χ3v) is 7.24. The van der Waals surface area contributed by atoms with Crippen molar-refractivity contribution in [3.8, 4) is 5.75 Å². The van der Waals surface area contributed by atoms with Gasteiger partial charge in [0.25, 0.3) is 11.8 Å². The van der Waals surface area contributed by atoms with E-state index in [0.29, 0.717) is 22.6 Å². The van der Waals surface area contributed by atoms with Gasteiger partial charge in [-0.3, -0.25) is 19.1 Å². The first-order chi connectivity index (χ1) is 18.7. The number of likely N-dealkylation sites (N-methyl/N-ethyl adjacent to an activating group) is 1. The summed E-state index contributed by atoms with van der Waals surface area (Å²) in [6.45, 7) is 2.89. The lowest BCUT2D eigenvalue weighted by atomic mass is 9.90. The Morgan fingerprint density at radius 3 is 2.67 bits per heavy atom. The Morgan fingerprint density at radius 1 is 1.18 bits per heavy atom. The van der Waals surface area contributed by atoms with Gasteiger partial charge >= 0.3 is 5.97 Å². The third-order valence-electron chi connectivity index (χ3n) is 7.24. The topological polar surface area (TPSA) is 133 Å². The van der Waals surface area contributed by atoms with Crippen molar-refractivity contribution < 1.29 is 23.9 Å². The number of nitrogens with one attached hydrogen (secondary N) is 1. The summed E-state index contributed by atoms with van der Waals surface area (Å²) in [7, 11) is 3.28. The van der Waals surface area contributed by atoms with Gasteiger partial charge in [-0.2, -0.15) is 10.2 Å². The highest BCUT2D eigenvalue weighted by Gasteiger charge is 2.31. The highest BCUT2D eigenvalue weighted by atomic mass is 16.5. The fraction of sp³-hybridized carbons (Fsp3) is 0.407. The fourth-order valence-corrected chi connectivity index (χ4v) is 5.19. The van der Waals surface area contributed by atoms with Crippen molar-refractivity contribution in [2.24, 2.45) is 0 Å². The molecule has 1 atom stereocenters. The molecular weight excluding hydrogens is 502 g/mol. The van der Waals surface area contributed by atoms with Crippen molar-refractivity contribution in [2.45, 2.75) is 57.7 Å². The van der Waals surface area contributed by atoms with Crippen LogP contribution in [0.1, 0.15) is 55.9 Å². The summed E-state index contributed by atoms with van der Waals surface area (Å²) >= 11 is 0. The second kappa shape index (κ2) is 10.7. The molecule has 12 nitrogen and oxygen atoms in total. The minimum absolute atomic E-state index is 0.0709. The molecule has 0 spiro atoms. The zero-order valence-electron chi connectivity index (χ0n) is 22.3. The normalized spacial score (nSPS) is 18.1.